The van der Waals surface area contributed by atoms with Crippen molar-refractivity contribution in [2.45, 2.75) is 4.90 Å². The molecule has 0 radical (unpaired) electrons. The van der Waals surface area contributed by atoms with Gasteiger partial charge in [-0.3, -0.25) is 20.2 Å². The molecule has 0 N–H and O–H groups in total. The Hall–Kier alpha value is -1.34. The first-order valence-corrected chi connectivity index (χ1v) is 4.91. The molecule has 6 nitrogen and oxygen atoms in total. The standard InChI is InChI=1S/C6H3ClN2O4S/c7-14-6-2-4(8(10)11)1-5(3-6)9(12)13/h1-3H. The van der Waals surface area contributed by atoms with Crippen LogP contribution in [0, 0.1) is 20.2 Å². The first-order chi connectivity index (χ1) is 6.54. The summed E-state index contributed by atoms with van der Waals surface area (Å²) in [4.78, 5) is 19.6. The highest BCUT2D eigenvalue weighted by Gasteiger charge is 2.16. The number of rotatable bonds is 3. The van der Waals surface area contributed by atoms with E-state index < -0.39 is 9.85 Å². The van der Waals surface area contributed by atoms with Crippen molar-refractivity contribution >= 4 is 33.0 Å². The fourth-order valence-corrected chi connectivity index (χ4v) is 1.42. The van der Waals surface area contributed by atoms with Crippen molar-refractivity contribution < 1.29 is 9.85 Å². The van der Waals surface area contributed by atoms with E-state index in [0.717, 1.165) is 6.07 Å². The lowest BCUT2D eigenvalue weighted by Crippen LogP contribution is -1.92. The van der Waals surface area contributed by atoms with Crippen LogP contribution in [0.15, 0.2) is 23.1 Å². The molecular formula is C6H3ClN2O4S. The summed E-state index contributed by atoms with van der Waals surface area (Å²) >= 11 is 0. The fraction of sp³-hybridized carbons (Fsp3) is 0. The van der Waals surface area contributed by atoms with Gasteiger partial charge in [-0.25, -0.2) is 0 Å². The quantitative estimate of drug-likeness (QED) is 0.593. The molecule has 0 aliphatic heterocycles. The predicted molar refractivity (Wildman–Crippen MR) is 51.5 cm³/mol. The van der Waals surface area contributed by atoms with Crippen LogP contribution < -0.4 is 0 Å². The van der Waals surface area contributed by atoms with Crippen LogP contribution in [-0.4, -0.2) is 9.85 Å². The highest BCUT2D eigenvalue weighted by atomic mass is 35.7. The Kier molecular flexibility index (Phi) is 3.26. The molecule has 0 bridgehead atoms. The molecule has 0 aliphatic carbocycles. The average Bonchev–Trinajstić information content (AvgIpc) is 2.16. The van der Waals surface area contributed by atoms with Crippen molar-refractivity contribution in [3.05, 3.63) is 38.4 Å². The summed E-state index contributed by atoms with van der Waals surface area (Å²) in [6, 6.07) is 3.23. The van der Waals surface area contributed by atoms with Crippen LogP contribution in [0.3, 0.4) is 0 Å². The summed E-state index contributed by atoms with van der Waals surface area (Å²) in [5, 5.41) is 20.7. The van der Waals surface area contributed by atoms with Gasteiger partial charge in [0.15, 0.2) is 0 Å². The zero-order valence-corrected chi connectivity index (χ0v) is 8.12. The molecule has 0 aromatic heterocycles. The van der Waals surface area contributed by atoms with E-state index in [1.807, 2.05) is 0 Å². The largest absolute Gasteiger partial charge is 0.277 e. The summed E-state index contributed by atoms with van der Waals surface area (Å²) in [7, 11) is 6.05. The molecule has 0 saturated heterocycles. The van der Waals surface area contributed by atoms with Crippen molar-refractivity contribution in [1.29, 1.82) is 0 Å². The second-order valence-electron chi connectivity index (χ2n) is 2.28. The first-order valence-electron chi connectivity index (χ1n) is 3.27. The topological polar surface area (TPSA) is 86.3 Å². The second-order valence-corrected chi connectivity index (χ2v) is 3.37. The Morgan fingerprint density at radius 2 is 1.50 bits per heavy atom. The van der Waals surface area contributed by atoms with Gasteiger partial charge >= 0.3 is 0 Å². The molecule has 1 rings (SSSR count). The molecule has 0 atom stereocenters. The Balaban J connectivity index is 3.27. The minimum Gasteiger partial charge on any atom is -0.258 e. The molecule has 1 aromatic carbocycles. The van der Waals surface area contributed by atoms with Gasteiger partial charge in [-0.2, -0.15) is 0 Å². The van der Waals surface area contributed by atoms with Crippen molar-refractivity contribution in [3.63, 3.8) is 0 Å². The fourth-order valence-electron chi connectivity index (χ4n) is 0.823. The van der Waals surface area contributed by atoms with Crippen LogP contribution in [0.2, 0.25) is 0 Å². The van der Waals surface area contributed by atoms with Gasteiger partial charge in [0, 0.05) is 17.0 Å². The number of non-ortho nitro benzene ring substituents is 2. The van der Waals surface area contributed by atoms with E-state index >= 15 is 0 Å². The van der Waals surface area contributed by atoms with Crippen LogP contribution in [0.4, 0.5) is 11.4 Å². The summed E-state index contributed by atoms with van der Waals surface area (Å²) in [5.41, 5.74) is -0.690. The number of hydrogen-bond donors (Lipinski definition) is 0. The number of halogens is 1. The third kappa shape index (κ3) is 2.33. The first kappa shape index (κ1) is 10.7. The van der Waals surface area contributed by atoms with E-state index in [9.17, 15) is 20.2 Å². The van der Waals surface area contributed by atoms with Gasteiger partial charge in [0.05, 0.1) is 15.9 Å². The van der Waals surface area contributed by atoms with Crippen molar-refractivity contribution in [1.82, 2.24) is 0 Å². The summed E-state index contributed by atoms with van der Waals surface area (Å²) in [5.74, 6) is 0. The summed E-state index contributed by atoms with van der Waals surface area (Å²) < 4.78 is 0. The zero-order valence-electron chi connectivity index (χ0n) is 6.55. The van der Waals surface area contributed by atoms with Crippen molar-refractivity contribution in [2.75, 3.05) is 0 Å². The Bertz CT molecular complexity index is 365. The maximum absolute atomic E-state index is 10.4. The molecule has 1 aromatic rings. The van der Waals surface area contributed by atoms with Gasteiger partial charge in [-0.05, 0) is 21.7 Å². The van der Waals surface area contributed by atoms with E-state index in [1.54, 1.807) is 0 Å². The summed E-state index contributed by atoms with van der Waals surface area (Å²) in [6.45, 7) is 0. The third-order valence-electron chi connectivity index (χ3n) is 1.39. The van der Waals surface area contributed by atoms with Crippen molar-refractivity contribution in [2.24, 2.45) is 0 Å². The molecule has 8 heteroatoms. The monoisotopic (exact) mass is 234 g/mol. The lowest BCUT2D eigenvalue weighted by Gasteiger charge is -1.95. The number of nitro benzene ring substituents is 2. The Morgan fingerprint density at radius 1 is 1.07 bits per heavy atom. The lowest BCUT2D eigenvalue weighted by atomic mass is 10.3. The Morgan fingerprint density at radius 3 is 1.79 bits per heavy atom. The normalized spacial score (nSPS) is 9.79. The maximum Gasteiger partial charge on any atom is 0.277 e. The van der Waals surface area contributed by atoms with E-state index in [4.69, 9.17) is 10.7 Å². The average molecular weight is 235 g/mol. The number of nitrogens with zero attached hydrogens (tertiary/aromatic N) is 2. The maximum atomic E-state index is 10.4. The lowest BCUT2D eigenvalue weighted by molar-refractivity contribution is -0.394. The molecule has 0 unspecified atom stereocenters. The molecule has 0 saturated carbocycles. The molecule has 0 aliphatic rings. The molecule has 14 heavy (non-hydrogen) atoms. The molecule has 0 spiro atoms. The van der Waals surface area contributed by atoms with Gasteiger partial charge in [0.2, 0.25) is 0 Å². The molecule has 74 valence electrons. The van der Waals surface area contributed by atoms with Crippen LogP contribution >= 0.6 is 21.7 Å². The van der Waals surface area contributed by atoms with Crippen LogP contribution in [0.1, 0.15) is 0 Å². The minimum absolute atomic E-state index is 0.271. The van der Waals surface area contributed by atoms with Crippen LogP contribution in [0.25, 0.3) is 0 Å². The molecular weight excluding hydrogens is 232 g/mol. The van der Waals surface area contributed by atoms with E-state index in [1.165, 1.54) is 12.1 Å². The zero-order chi connectivity index (χ0) is 10.7. The van der Waals surface area contributed by atoms with Gasteiger partial charge in [0.25, 0.3) is 11.4 Å². The van der Waals surface area contributed by atoms with Gasteiger partial charge in [0.1, 0.15) is 0 Å². The SMILES string of the molecule is O=[N+]([O-])c1cc(SCl)cc([N+](=O)[O-])c1. The third-order valence-corrected chi connectivity index (χ3v) is 2.34. The van der Waals surface area contributed by atoms with Crippen molar-refractivity contribution in [3.8, 4) is 0 Å². The van der Waals surface area contributed by atoms with E-state index in [-0.39, 0.29) is 16.3 Å². The highest BCUT2D eigenvalue weighted by Crippen LogP contribution is 2.30. The number of hydrogen-bond acceptors (Lipinski definition) is 5. The Labute approximate surface area is 86.7 Å². The molecule has 0 fully saturated rings. The molecule has 0 heterocycles. The van der Waals surface area contributed by atoms with Gasteiger partial charge in [-0.1, -0.05) is 0 Å². The number of nitro groups is 2. The minimum atomic E-state index is -0.705. The van der Waals surface area contributed by atoms with Gasteiger partial charge < -0.3 is 0 Å². The predicted octanol–water partition coefficient (Wildman–Crippen LogP) is 2.75. The van der Waals surface area contributed by atoms with E-state index in [0.29, 0.717) is 11.0 Å². The highest BCUT2D eigenvalue weighted by molar-refractivity contribution is 8.21. The summed E-state index contributed by atoms with van der Waals surface area (Å²) in [6.07, 6.45) is 0. The number of benzene rings is 1. The van der Waals surface area contributed by atoms with Gasteiger partial charge in [-0.15, -0.1) is 0 Å². The van der Waals surface area contributed by atoms with Crippen LogP contribution in [0.5, 0.6) is 0 Å². The smallest absolute Gasteiger partial charge is 0.258 e. The van der Waals surface area contributed by atoms with Crippen LogP contribution in [-0.2, 0) is 0 Å². The van der Waals surface area contributed by atoms with E-state index in [2.05, 4.69) is 0 Å². The second kappa shape index (κ2) is 4.25. The molecule has 0 amide bonds.